The maximum absolute atomic E-state index is 13.9. The van der Waals surface area contributed by atoms with Crippen LogP contribution in [0.3, 0.4) is 0 Å². The zero-order valence-corrected chi connectivity index (χ0v) is 13.9. The van der Waals surface area contributed by atoms with Crippen LogP contribution in [-0.2, 0) is 4.74 Å². The minimum atomic E-state index is -0.804. The summed E-state index contributed by atoms with van der Waals surface area (Å²) < 4.78 is 20.5. The third-order valence-electron chi connectivity index (χ3n) is 3.67. The van der Waals surface area contributed by atoms with E-state index in [0.717, 1.165) is 11.3 Å². The van der Waals surface area contributed by atoms with Gasteiger partial charge in [0.1, 0.15) is 0 Å². The molecule has 0 aliphatic rings. The van der Waals surface area contributed by atoms with Crippen molar-refractivity contribution < 1.29 is 13.9 Å². The van der Waals surface area contributed by atoms with Crippen molar-refractivity contribution in [2.75, 3.05) is 25.6 Å². The van der Waals surface area contributed by atoms with Gasteiger partial charge in [0.05, 0.1) is 19.0 Å². The standard InChI is InChI=1S/C17H22FN3O2/c1-5-9-23-17(22)15-16(18)19-11-21(15)12(2)13-7-6-8-14(10-13)20(3)4/h6-8,10-12H,5,9H2,1-4H3/t12-/m1/s1. The lowest BCUT2D eigenvalue weighted by molar-refractivity contribution is 0.0485. The number of benzene rings is 1. The Kier molecular flexibility index (Phi) is 5.36. The summed E-state index contributed by atoms with van der Waals surface area (Å²) in [4.78, 5) is 17.7. The van der Waals surface area contributed by atoms with E-state index in [9.17, 15) is 9.18 Å². The van der Waals surface area contributed by atoms with Crippen LogP contribution in [0.2, 0.25) is 0 Å². The first kappa shape index (κ1) is 17.0. The SMILES string of the molecule is CCCOC(=O)c1c(F)ncn1[C@H](C)c1cccc(N(C)C)c1. The second kappa shape index (κ2) is 7.26. The zero-order valence-electron chi connectivity index (χ0n) is 13.9. The van der Waals surface area contributed by atoms with Crippen LogP contribution in [0, 0.1) is 5.95 Å². The van der Waals surface area contributed by atoms with Gasteiger partial charge in [0.2, 0.25) is 5.95 Å². The van der Waals surface area contributed by atoms with Gasteiger partial charge in [-0.05, 0) is 31.0 Å². The van der Waals surface area contributed by atoms with E-state index in [-0.39, 0.29) is 18.3 Å². The molecule has 0 N–H and O–H groups in total. The molecule has 0 saturated heterocycles. The maximum atomic E-state index is 13.9. The number of nitrogens with zero attached hydrogens (tertiary/aromatic N) is 3. The fourth-order valence-corrected chi connectivity index (χ4v) is 2.31. The van der Waals surface area contributed by atoms with E-state index >= 15 is 0 Å². The normalized spacial score (nSPS) is 12.0. The van der Waals surface area contributed by atoms with Gasteiger partial charge in [-0.2, -0.15) is 4.39 Å². The number of halogens is 1. The largest absolute Gasteiger partial charge is 0.461 e. The van der Waals surface area contributed by atoms with E-state index in [1.807, 2.05) is 57.1 Å². The van der Waals surface area contributed by atoms with Crippen molar-refractivity contribution >= 4 is 11.7 Å². The van der Waals surface area contributed by atoms with Gasteiger partial charge in [-0.3, -0.25) is 0 Å². The van der Waals surface area contributed by atoms with Crippen molar-refractivity contribution in [2.24, 2.45) is 0 Å². The average Bonchev–Trinajstić information content (AvgIpc) is 2.93. The molecule has 0 aliphatic heterocycles. The first-order chi connectivity index (χ1) is 11.0. The van der Waals surface area contributed by atoms with Crippen molar-refractivity contribution in [3.63, 3.8) is 0 Å². The van der Waals surface area contributed by atoms with Crippen molar-refractivity contribution in [3.05, 3.63) is 47.8 Å². The predicted molar refractivity (Wildman–Crippen MR) is 87.3 cm³/mol. The van der Waals surface area contributed by atoms with E-state index in [4.69, 9.17) is 4.74 Å². The number of imidazole rings is 1. The van der Waals surface area contributed by atoms with Crippen LogP contribution in [-0.4, -0.2) is 36.2 Å². The number of hydrogen-bond acceptors (Lipinski definition) is 4. The van der Waals surface area contributed by atoms with E-state index in [1.165, 1.54) is 10.9 Å². The summed E-state index contributed by atoms with van der Waals surface area (Å²) in [6, 6.07) is 7.63. The second-order valence-electron chi connectivity index (χ2n) is 5.59. The third kappa shape index (κ3) is 3.70. The minimum absolute atomic E-state index is 0.138. The van der Waals surface area contributed by atoms with E-state index < -0.39 is 11.9 Å². The molecule has 2 rings (SSSR count). The molecule has 1 aromatic heterocycles. The van der Waals surface area contributed by atoms with Crippen LogP contribution in [0.4, 0.5) is 10.1 Å². The molecule has 0 radical (unpaired) electrons. The Morgan fingerprint density at radius 3 is 2.83 bits per heavy atom. The number of aromatic nitrogens is 2. The van der Waals surface area contributed by atoms with Gasteiger partial charge < -0.3 is 14.2 Å². The molecular weight excluding hydrogens is 297 g/mol. The van der Waals surface area contributed by atoms with Gasteiger partial charge in [-0.1, -0.05) is 19.1 Å². The Labute approximate surface area is 135 Å². The molecule has 2 aromatic rings. The summed E-state index contributed by atoms with van der Waals surface area (Å²) >= 11 is 0. The number of carbonyl (C=O) groups is 1. The molecule has 5 nitrogen and oxygen atoms in total. The van der Waals surface area contributed by atoms with Gasteiger partial charge in [0, 0.05) is 19.8 Å². The van der Waals surface area contributed by atoms with Crippen LogP contribution in [0.15, 0.2) is 30.6 Å². The van der Waals surface area contributed by atoms with E-state index in [0.29, 0.717) is 6.42 Å². The molecule has 0 fully saturated rings. The molecule has 23 heavy (non-hydrogen) atoms. The van der Waals surface area contributed by atoms with Crippen LogP contribution in [0.25, 0.3) is 0 Å². The molecule has 124 valence electrons. The number of anilines is 1. The summed E-state index contributed by atoms with van der Waals surface area (Å²) in [5.74, 6) is -1.49. The molecule has 0 spiro atoms. The lowest BCUT2D eigenvalue weighted by atomic mass is 10.1. The number of rotatable bonds is 6. The number of hydrogen-bond donors (Lipinski definition) is 0. The predicted octanol–water partition coefficient (Wildman–Crippen LogP) is 3.26. The number of ether oxygens (including phenoxy) is 1. The van der Waals surface area contributed by atoms with E-state index in [1.54, 1.807) is 0 Å². The van der Waals surface area contributed by atoms with Crippen molar-refractivity contribution in [1.29, 1.82) is 0 Å². The molecule has 1 aromatic carbocycles. The van der Waals surface area contributed by atoms with E-state index in [2.05, 4.69) is 4.98 Å². The molecular formula is C17H22FN3O2. The van der Waals surface area contributed by atoms with Crippen molar-refractivity contribution in [3.8, 4) is 0 Å². The van der Waals surface area contributed by atoms with Crippen LogP contribution in [0.1, 0.15) is 42.4 Å². The van der Waals surface area contributed by atoms with Gasteiger partial charge in [-0.25, -0.2) is 9.78 Å². The van der Waals surface area contributed by atoms with Crippen molar-refractivity contribution in [1.82, 2.24) is 9.55 Å². The molecule has 0 amide bonds. The Bertz CT molecular complexity index is 682. The smallest absolute Gasteiger partial charge is 0.359 e. The van der Waals surface area contributed by atoms with Crippen LogP contribution >= 0.6 is 0 Å². The Balaban J connectivity index is 2.35. The molecule has 0 aliphatic carbocycles. The molecule has 1 heterocycles. The highest BCUT2D eigenvalue weighted by Crippen LogP contribution is 2.24. The summed E-state index contributed by atoms with van der Waals surface area (Å²) in [6.45, 7) is 4.04. The fourth-order valence-electron chi connectivity index (χ4n) is 2.31. The molecule has 6 heteroatoms. The van der Waals surface area contributed by atoms with Crippen LogP contribution in [0.5, 0.6) is 0 Å². The Hall–Kier alpha value is -2.37. The summed E-state index contributed by atoms with van der Waals surface area (Å²) in [7, 11) is 3.91. The molecule has 0 bridgehead atoms. The van der Waals surface area contributed by atoms with Crippen LogP contribution < -0.4 is 4.90 Å². The van der Waals surface area contributed by atoms with Gasteiger partial charge >= 0.3 is 5.97 Å². The zero-order chi connectivity index (χ0) is 17.0. The van der Waals surface area contributed by atoms with Crippen molar-refractivity contribution in [2.45, 2.75) is 26.3 Å². The Morgan fingerprint density at radius 2 is 2.17 bits per heavy atom. The highest BCUT2D eigenvalue weighted by molar-refractivity contribution is 5.87. The van der Waals surface area contributed by atoms with Gasteiger partial charge in [0.15, 0.2) is 5.69 Å². The minimum Gasteiger partial charge on any atom is -0.461 e. The summed E-state index contributed by atoms with van der Waals surface area (Å²) in [5.41, 5.74) is 1.85. The average molecular weight is 319 g/mol. The summed E-state index contributed by atoms with van der Waals surface area (Å²) in [6.07, 6.45) is 2.02. The fraction of sp³-hybridized carbons (Fsp3) is 0.412. The monoisotopic (exact) mass is 319 g/mol. The summed E-state index contributed by atoms with van der Waals surface area (Å²) in [5, 5.41) is 0. The van der Waals surface area contributed by atoms with Gasteiger partial charge in [0.25, 0.3) is 0 Å². The molecule has 0 unspecified atom stereocenters. The quantitative estimate of drug-likeness (QED) is 0.767. The highest BCUT2D eigenvalue weighted by Gasteiger charge is 2.24. The topological polar surface area (TPSA) is 47.4 Å². The second-order valence-corrected chi connectivity index (χ2v) is 5.59. The van der Waals surface area contributed by atoms with Gasteiger partial charge in [-0.15, -0.1) is 0 Å². The Morgan fingerprint density at radius 1 is 1.43 bits per heavy atom. The lowest BCUT2D eigenvalue weighted by Gasteiger charge is -2.19. The first-order valence-corrected chi connectivity index (χ1v) is 7.62. The highest BCUT2D eigenvalue weighted by atomic mass is 19.1. The molecule has 1 atom stereocenters. The third-order valence-corrected chi connectivity index (χ3v) is 3.67. The maximum Gasteiger partial charge on any atom is 0.359 e. The lowest BCUT2D eigenvalue weighted by Crippen LogP contribution is -2.17. The molecule has 0 saturated carbocycles. The number of carbonyl (C=O) groups excluding carboxylic acids is 1. The number of esters is 1. The first-order valence-electron chi connectivity index (χ1n) is 7.62.